The van der Waals surface area contributed by atoms with Gasteiger partial charge in [-0.3, -0.25) is 14.4 Å². The Kier molecular flexibility index (Phi) is 6.61. The van der Waals surface area contributed by atoms with Crippen molar-refractivity contribution in [2.75, 3.05) is 24.7 Å². The summed E-state index contributed by atoms with van der Waals surface area (Å²) in [7, 11) is 0. The highest BCUT2D eigenvalue weighted by molar-refractivity contribution is 7.98. The molecule has 1 saturated carbocycles. The van der Waals surface area contributed by atoms with Gasteiger partial charge in [0.25, 0.3) is 5.91 Å². The Labute approximate surface area is 187 Å². The van der Waals surface area contributed by atoms with E-state index in [2.05, 4.69) is 5.32 Å². The summed E-state index contributed by atoms with van der Waals surface area (Å²) in [6.45, 7) is 1.53. The molecular formula is C24H27N3O3S. The molecule has 2 aromatic rings. The first-order chi connectivity index (χ1) is 15.1. The summed E-state index contributed by atoms with van der Waals surface area (Å²) in [5.41, 5.74) is 2.23. The number of para-hydroxylation sites is 1. The van der Waals surface area contributed by atoms with Crippen LogP contribution in [-0.4, -0.2) is 52.9 Å². The first-order valence-electron chi connectivity index (χ1n) is 10.7. The smallest absolute Gasteiger partial charge is 0.312 e. The molecule has 1 aliphatic carbocycles. The Morgan fingerprint density at radius 1 is 1.00 bits per heavy atom. The lowest BCUT2D eigenvalue weighted by Gasteiger charge is -2.37. The van der Waals surface area contributed by atoms with Crippen LogP contribution in [-0.2, 0) is 16.1 Å². The zero-order chi connectivity index (χ0) is 21.8. The summed E-state index contributed by atoms with van der Waals surface area (Å²) in [6, 6.07) is 15.1. The van der Waals surface area contributed by atoms with E-state index in [1.807, 2.05) is 42.7 Å². The second-order valence-corrected chi connectivity index (χ2v) is 8.86. The van der Waals surface area contributed by atoms with E-state index in [-0.39, 0.29) is 17.9 Å². The maximum absolute atomic E-state index is 12.6. The van der Waals surface area contributed by atoms with E-state index >= 15 is 0 Å². The minimum Gasteiger partial charge on any atom is -0.330 e. The van der Waals surface area contributed by atoms with Crippen LogP contribution in [0.2, 0.25) is 0 Å². The Balaban J connectivity index is 1.37. The average Bonchev–Trinajstić information content (AvgIpc) is 3.32. The van der Waals surface area contributed by atoms with E-state index in [0.717, 1.165) is 41.8 Å². The number of anilines is 1. The number of benzene rings is 2. The first kappa shape index (κ1) is 21.4. The van der Waals surface area contributed by atoms with E-state index in [4.69, 9.17) is 0 Å². The van der Waals surface area contributed by atoms with Gasteiger partial charge in [0, 0.05) is 36.1 Å². The molecule has 1 heterocycles. The van der Waals surface area contributed by atoms with Crippen molar-refractivity contribution in [3.8, 4) is 0 Å². The molecule has 2 aromatic carbocycles. The van der Waals surface area contributed by atoms with Crippen molar-refractivity contribution in [1.82, 2.24) is 9.80 Å². The largest absolute Gasteiger partial charge is 0.330 e. The fourth-order valence-corrected chi connectivity index (χ4v) is 4.88. The number of amides is 3. The van der Waals surface area contributed by atoms with E-state index in [0.29, 0.717) is 25.2 Å². The topological polar surface area (TPSA) is 69.7 Å². The monoisotopic (exact) mass is 437 g/mol. The van der Waals surface area contributed by atoms with E-state index in [1.165, 1.54) is 0 Å². The quantitative estimate of drug-likeness (QED) is 0.552. The molecule has 2 aliphatic rings. The zero-order valence-electron chi connectivity index (χ0n) is 17.7. The molecular weight excluding hydrogens is 410 g/mol. The molecule has 1 aliphatic heterocycles. The molecule has 4 rings (SSSR count). The van der Waals surface area contributed by atoms with Crippen LogP contribution in [0.4, 0.5) is 5.69 Å². The second kappa shape index (κ2) is 9.56. The molecule has 0 atom stereocenters. The number of nitrogens with zero attached hydrogens (tertiary/aromatic N) is 2. The van der Waals surface area contributed by atoms with Crippen LogP contribution in [0.1, 0.15) is 41.6 Å². The molecule has 6 nitrogen and oxygen atoms in total. The predicted octanol–water partition coefficient (Wildman–Crippen LogP) is 3.77. The Bertz CT molecular complexity index is 970. The third-order valence-electron chi connectivity index (χ3n) is 6.05. The summed E-state index contributed by atoms with van der Waals surface area (Å²) in [4.78, 5) is 42.2. The maximum atomic E-state index is 12.6. The van der Waals surface area contributed by atoms with Crippen LogP contribution >= 0.6 is 11.8 Å². The first-order valence-corrected chi connectivity index (χ1v) is 11.9. The highest BCUT2D eigenvalue weighted by Crippen LogP contribution is 2.26. The van der Waals surface area contributed by atoms with Crippen LogP contribution < -0.4 is 5.32 Å². The van der Waals surface area contributed by atoms with Gasteiger partial charge in [-0.15, -0.1) is 11.8 Å². The van der Waals surface area contributed by atoms with Crippen LogP contribution in [0.5, 0.6) is 0 Å². The van der Waals surface area contributed by atoms with Crippen molar-refractivity contribution >= 4 is 35.2 Å². The summed E-state index contributed by atoms with van der Waals surface area (Å²) < 4.78 is 0. The van der Waals surface area contributed by atoms with Gasteiger partial charge in [-0.1, -0.05) is 37.1 Å². The lowest BCUT2D eigenvalue weighted by atomic mass is 10.1. The molecule has 1 saturated heterocycles. The Hall–Kier alpha value is -2.80. The van der Waals surface area contributed by atoms with Crippen molar-refractivity contribution in [2.24, 2.45) is 0 Å². The van der Waals surface area contributed by atoms with Crippen LogP contribution in [0.25, 0.3) is 0 Å². The minimum atomic E-state index is -0.423. The second-order valence-electron chi connectivity index (χ2n) is 8.01. The third kappa shape index (κ3) is 4.77. The van der Waals surface area contributed by atoms with E-state index in [1.54, 1.807) is 33.7 Å². The fourth-order valence-electron chi connectivity index (χ4n) is 4.33. The van der Waals surface area contributed by atoms with Gasteiger partial charge in [-0.25, -0.2) is 0 Å². The zero-order valence-corrected chi connectivity index (χ0v) is 18.5. The van der Waals surface area contributed by atoms with Crippen LogP contribution in [0, 0.1) is 0 Å². The summed E-state index contributed by atoms with van der Waals surface area (Å²) in [6.07, 6.45) is 6.25. The molecule has 0 spiro atoms. The third-order valence-corrected chi connectivity index (χ3v) is 6.85. The SMILES string of the molecule is CSc1ccccc1NC(=O)c1ccc(CN2CCN(C3CCCC3)C(=O)C2=O)cc1. The van der Waals surface area contributed by atoms with Gasteiger partial charge in [0.1, 0.15) is 0 Å². The van der Waals surface area contributed by atoms with Gasteiger partial charge in [0.05, 0.1) is 5.69 Å². The molecule has 162 valence electrons. The maximum Gasteiger partial charge on any atom is 0.312 e. The van der Waals surface area contributed by atoms with Gasteiger partial charge >= 0.3 is 11.8 Å². The number of piperazine rings is 1. The summed E-state index contributed by atoms with van der Waals surface area (Å²) >= 11 is 1.58. The molecule has 1 N–H and O–H groups in total. The lowest BCUT2D eigenvalue weighted by Crippen LogP contribution is -2.56. The van der Waals surface area contributed by atoms with Crippen molar-refractivity contribution < 1.29 is 14.4 Å². The standard InChI is InChI=1S/C24H27N3O3S/c1-31-21-9-5-4-8-20(21)25-22(28)18-12-10-17(11-13-18)16-26-14-15-27(24(30)23(26)29)19-6-2-3-7-19/h4-5,8-13,19H,2-3,6-7,14-16H2,1H3,(H,25,28). The highest BCUT2D eigenvalue weighted by atomic mass is 32.2. The fraction of sp³-hybridized carbons (Fsp3) is 0.375. The van der Waals surface area contributed by atoms with Gasteiger partial charge in [-0.2, -0.15) is 0 Å². The molecule has 0 radical (unpaired) electrons. The highest BCUT2D eigenvalue weighted by Gasteiger charge is 2.37. The van der Waals surface area contributed by atoms with Crippen LogP contribution in [0.3, 0.4) is 0 Å². The Morgan fingerprint density at radius 3 is 2.42 bits per heavy atom. The van der Waals surface area contributed by atoms with Gasteiger partial charge in [-0.05, 0) is 48.9 Å². The normalized spacial score (nSPS) is 17.3. The lowest BCUT2D eigenvalue weighted by molar-refractivity contribution is -0.158. The summed E-state index contributed by atoms with van der Waals surface area (Å²) in [5.74, 6) is -0.972. The number of carbonyl (C=O) groups is 3. The minimum absolute atomic E-state index is 0.176. The molecule has 0 bridgehead atoms. The number of hydrogen-bond acceptors (Lipinski definition) is 4. The van der Waals surface area contributed by atoms with E-state index < -0.39 is 5.91 Å². The van der Waals surface area contributed by atoms with Crippen molar-refractivity contribution in [1.29, 1.82) is 0 Å². The van der Waals surface area contributed by atoms with Gasteiger partial charge in [0.2, 0.25) is 0 Å². The van der Waals surface area contributed by atoms with E-state index in [9.17, 15) is 14.4 Å². The number of hydrogen-bond donors (Lipinski definition) is 1. The molecule has 0 aromatic heterocycles. The molecule has 3 amide bonds. The van der Waals surface area contributed by atoms with Gasteiger partial charge in [0.15, 0.2) is 0 Å². The van der Waals surface area contributed by atoms with Crippen molar-refractivity contribution in [3.63, 3.8) is 0 Å². The van der Waals surface area contributed by atoms with Crippen molar-refractivity contribution in [2.45, 2.75) is 43.2 Å². The number of rotatable bonds is 6. The van der Waals surface area contributed by atoms with Crippen molar-refractivity contribution in [3.05, 3.63) is 59.7 Å². The molecule has 0 unspecified atom stereocenters. The molecule has 7 heteroatoms. The number of thioether (sulfide) groups is 1. The number of nitrogens with one attached hydrogen (secondary N) is 1. The molecule has 2 fully saturated rings. The van der Waals surface area contributed by atoms with Crippen LogP contribution in [0.15, 0.2) is 53.4 Å². The molecule has 31 heavy (non-hydrogen) atoms. The van der Waals surface area contributed by atoms with Gasteiger partial charge < -0.3 is 15.1 Å². The Morgan fingerprint density at radius 2 is 1.71 bits per heavy atom. The number of carbonyl (C=O) groups excluding carboxylic acids is 3. The predicted molar refractivity (Wildman–Crippen MR) is 122 cm³/mol. The summed E-state index contributed by atoms with van der Waals surface area (Å²) in [5, 5.41) is 2.95. The average molecular weight is 438 g/mol.